The summed E-state index contributed by atoms with van der Waals surface area (Å²) in [6.07, 6.45) is 1.88. The third-order valence-corrected chi connectivity index (χ3v) is 4.91. The van der Waals surface area contributed by atoms with Crippen LogP contribution in [0.2, 0.25) is 0 Å². The van der Waals surface area contributed by atoms with Crippen molar-refractivity contribution >= 4 is 21.6 Å². The Morgan fingerprint density at radius 3 is 2.24 bits per heavy atom. The van der Waals surface area contributed by atoms with Crippen LogP contribution in [-0.4, -0.2) is 32.9 Å². The van der Waals surface area contributed by atoms with Crippen molar-refractivity contribution in [1.29, 1.82) is 0 Å². The van der Waals surface area contributed by atoms with E-state index in [9.17, 15) is 8.42 Å². The zero-order chi connectivity index (χ0) is 12.5. The number of hydrogen-bond donors (Lipinski definition) is 1. The van der Waals surface area contributed by atoms with Crippen molar-refractivity contribution < 1.29 is 8.42 Å². The minimum absolute atomic E-state index is 0.613. The minimum Gasteiger partial charge on any atom is -0.399 e. The largest absolute Gasteiger partial charge is 0.399 e. The molecule has 17 heavy (non-hydrogen) atoms. The van der Waals surface area contributed by atoms with Crippen LogP contribution in [0.25, 0.3) is 0 Å². The van der Waals surface area contributed by atoms with E-state index in [4.69, 9.17) is 5.73 Å². The van der Waals surface area contributed by atoms with Gasteiger partial charge in [-0.05, 0) is 37.1 Å². The topological polar surface area (TPSA) is 66.6 Å². The molecule has 0 aromatic heterocycles. The number of rotatable bonds is 3. The molecule has 1 aromatic carbocycles. The van der Waals surface area contributed by atoms with Crippen molar-refractivity contribution in [2.24, 2.45) is 0 Å². The third kappa shape index (κ3) is 2.37. The van der Waals surface area contributed by atoms with E-state index in [2.05, 4.69) is 0 Å². The highest BCUT2D eigenvalue weighted by molar-refractivity contribution is 7.90. The Labute approximate surface area is 102 Å². The van der Waals surface area contributed by atoms with Gasteiger partial charge >= 0.3 is 10.2 Å². The van der Waals surface area contributed by atoms with E-state index in [0.29, 0.717) is 24.5 Å². The maximum Gasteiger partial charge on any atom is 0.303 e. The van der Waals surface area contributed by atoms with Crippen LogP contribution in [0, 0.1) is 0 Å². The van der Waals surface area contributed by atoms with Crippen molar-refractivity contribution in [3.05, 3.63) is 24.3 Å². The van der Waals surface area contributed by atoms with Crippen molar-refractivity contribution in [1.82, 2.24) is 4.31 Å². The molecule has 1 saturated heterocycles. The van der Waals surface area contributed by atoms with Crippen LogP contribution in [0.3, 0.4) is 0 Å². The molecule has 1 aliphatic rings. The molecule has 94 valence electrons. The van der Waals surface area contributed by atoms with Crippen LogP contribution in [0.4, 0.5) is 11.4 Å². The van der Waals surface area contributed by atoms with Gasteiger partial charge < -0.3 is 5.73 Å². The Kier molecular flexibility index (Phi) is 3.26. The molecule has 1 aliphatic heterocycles. The van der Waals surface area contributed by atoms with Crippen LogP contribution in [0.1, 0.15) is 12.8 Å². The first-order chi connectivity index (χ1) is 8.01. The minimum atomic E-state index is -3.38. The normalized spacial score (nSPS) is 17.2. The highest BCUT2D eigenvalue weighted by Crippen LogP contribution is 2.22. The lowest BCUT2D eigenvalue weighted by atomic mass is 10.3. The average Bonchev–Trinajstić information content (AvgIpc) is 2.83. The predicted molar refractivity (Wildman–Crippen MR) is 69.0 cm³/mol. The van der Waals surface area contributed by atoms with E-state index >= 15 is 0 Å². The molecule has 0 spiro atoms. The molecule has 6 heteroatoms. The molecule has 1 heterocycles. The number of benzene rings is 1. The van der Waals surface area contributed by atoms with Gasteiger partial charge in [0.2, 0.25) is 0 Å². The zero-order valence-electron chi connectivity index (χ0n) is 9.83. The van der Waals surface area contributed by atoms with Gasteiger partial charge in [-0.1, -0.05) is 0 Å². The first-order valence-corrected chi connectivity index (χ1v) is 7.01. The zero-order valence-corrected chi connectivity index (χ0v) is 10.7. The van der Waals surface area contributed by atoms with Gasteiger partial charge in [0.25, 0.3) is 0 Å². The second-order valence-electron chi connectivity index (χ2n) is 4.17. The Hall–Kier alpha value is -1.27. The van der Waals surface area contributed by atoms with Gasteiger partial charge in [-0.3, -0.25) is 4.31 Å². The van der Waals surface area contributed by atoms with Gasteiger partial charge in [-0.25, -0.2) is 0 Å². The summed E-state index contributed by atoms with van der Waals surface area (Å²) < 4.78 is 27.3. The molecule has 0 amide bonds. The summed E-state index contributed by atoms with van der Waals surface area (Å²) in [5, 5.41) is 0. The molecule has 0 radical (unpaired) electrons. The Bertz CT molecular complexity index is 478. The highest BCUT2D eigenvalue weighted by Gasteiger charge is 2.29. The standard InChI is InChI=1S/C11H17N3O2S/c1-13(11-6-4-10(12)5-7-11)17(15,16)14-8-2-3-9-14/h4-7H,2-3,8-9,12H2,1H3. The first-order valence-electron chi connectivity index (χ1n) is 5.61. The molecular weight excluding hydrogens is 238 g/mol. The van der Waals surface area contributed by atoms with E-state index in [1.54, 1.807) is 31.3 Å². The number of nitrogen functional groups attached to an aromatic ring is 1. The quantitative estimate of drug-likeness (QED) is 0.821. The lowest BCUT2D eigenvalue weighted by Crippen LogP contribution is -2.40. The highest BCUT2D eigenvalue weighted by atomic mass is 32.2. The van der Waals surface area contributed by atoms with Crippen LogP contribution < -0.4 is 10.0 Å². The molecule has 5 nitrogen and oxygen atoms in total. The molecule has 2 rings (SSSR count). The van der Waals surface area contributed by atoms with Gasteiger partial charge in [-0.2, -0.15) is 12.7 Å². The molecule has 2 N–H and O–H groups in total. The maximum absolute atomic E-state index is 12.2. The SMILES string of the molecule is CN(c1ccc(N)cc1)S(=O)(=O)N1CCCC1. The maximum atomic E-state index is 12.2. The van der Waals surface area contributed by atoms with E-state index in [-0.39, 0.29) is 0 Å². The summed E-state index contributed by atoms with van der Waals surface area (Å²) in [4.78, 5) is 0. The Morgan fingerprint density at radius 1 is 1.18 bits per heavy atom. The summed E-state index contributed by atoms with van der Waals surface area (Å²) in [5.74, 6) is 0. The summed E-state index contributed by atoms with van der Waals surface area (Å²) >= 11 is 0. The van der Waals surface area contributed by atoms with E-state index in [1.165, 1.54) is 8.61 Å². The van der Waals surface area contributed by atoms with Crippen LogP contribution >= 0.6 is 0 Å². The van der Waals surface area contributed by atoms with E-state index in [1.807, 2.05) is 0 Å². The van der Waals surface area contributed by atoms with Gasteiger partial charge in [0, 0.05) is 25.8 Å². The lowest BCUT2D eigenvalue weighted by molar-refractivity contribution is 0.476. The lowest BCUT2D eigenvalue weighted by Gasteiger charge is -2.25. The second kappa shape index (κ2) is 4.54. The summed E-state index contributed by atoms with van der Waals surface area (Å²) in [6.45, 7) is 1.23. The Morgan fingerprint density at radius 2 is 1.71 bits per heavy atom. The molecular formula is C11H17N3O2S. The third-order valence-electron chi connectivity index (χ3n) is 2.99. The number of hydrogen-bond acceptors (Lipinski definition) is 3. The van der Waals surface area contributed by atoms with Gasteiger partial charge in [0.1, 0.15) is 0 Å². The number of nitrogens with two attached hydrogens (primary N) is 1. The first kappa shape index (κ1) is 12.2. The van der Waals surface area contributed by atoms with Gasteiger partial charge in [0.05, 0.1) is 5.69 Å². The molecule has 1 aromatic rings. The number of nitrogens with zero attached hydrogens (tertiary/aromatic N) is 2. The van der Waals surface area contributed by atoms with Gasteiger partial charge in [0.15, 0.2) is 0 Å². The fourth-order valence-electron chi connectivity index (χ4n) is 1.91. The fourth-order valence-corrected chi connectivity index (χ4v) is 3.36. The van der Waals surface area contributed by atoms with Crippen molar-refractivity contribution in [2.75, 3.05) is 30.2 Å². The second-order valence-corrected chi connectivity index (χ2v) is 6.13. The molecule has 0 unspecified atom stereocenters. The monoisotopic (exact) mass is 255 g/mol. The number of anilines is 2. The summed E-state index contributed by atoms with van der Waals surface area (Å²) in [7, 11) is -1.81. The Balaban J connectivity index is 2.24. The summed E-state index contributed by atoms with van der Waals surface area (Å²) in [5.41, 5.74) is 6.84. The smallest absolute Gasteiger partial charge is 0.303 e. The van der Waals surface area contributed by atoms with Crippen LogP contribution in [0.15, 0.2) is 24.3 Å². The summed E-state index contributed by atoms with van der Waals surface area (Å²) in [6, 6.07) is 6.82. The molecule has 0 bridgehead atoms. The molecule has 0 saturated carbocycles. The molecule has 0 aliphatic carbocycles. The van der Waals surface area contributed by atoms with Crippen molar-refractivity contribution in [3.8, 4) is 0 Å². The van der Waals surface area contributed by atoms with E-state index < -0.39 is 10.2 Å². The molecule has 1 fully saturated rings. The average molecular weight is 255 g/mol. The molecule has 0 atom stereocenters. The van der Waals surface area contributed by atoms with Gasteiger partial charge in [-0.15, -0.1) is 0 Å². The van der Waals surface area contributed by atoms with E-state index in [0.717, 1.165) is 12.8 Å². The van der Waals surface area contributed by atoms with Crippen molar-refractivity contribution in [2.45, 2.75) is 12.8 Å². The predicted octanol–water partition coefficient (Wildman–Crippen LogP) is 1.05. The van der Waals surface area contributed by atoms with Crippen molar-refractivity contribution in [3.63, 3.8) is 0 Å². The fraction of sp³-hybridized carbons (Fsp3) is 0.455. The van der Waals surface area contributed by atoms with Crippen LogP contribution in [-0.2, 0) is 10.2 Å². The van der Waals surface area contributed by atoms with Crippen LogP contribution in [0.5, 0.6) is 0 Å².